The number of nitrogens with one attached hydrogen (secondary N) is 2. The van der Waals surface area contributed by atoms with Gasteiger partial charge < -0.3 is 15.4 Å². The minimum absolute atomic E-state index is 0.540. The summed E-state index contributed by atoms with van der Waals surface area (Å²) < 4.78 is 5.31. The zero-order valence-corrected chi connectivity index (χ0v) is 9.95. The van der Waals surface area contributed by atoms with E-state index in [0.29, 0.717) is 17.6 Å². The Bertz CT molecular complexity index is 369. The smallest absolute Gasteiger partial charge is 0.204 e. The third-order valence-electron chi connectivity index (χ3n) is 3.01. The van der Waals surface area contributed by atoms with Crippen molar-refractivity contribution in [1.29, 1.82) is 0 Å². The Balaban J connectivity index is 2.14. The van der Waals surface area contributed by atoms with Crippen LogP contribution in [-0.2, 0) is 0 Å². The molecule has 1 saturated carbocycles. The molecule has 1 aromatic rings. The molecular weight excluding hydrogens is 204 g/mol. The number of methoxy groups -OCH3 is 1. The molecule has 0 bridgehead atoms. The summed E-state index contributed by atoms with van der Waals surface area (Å²) in [5.74, 6) is 2.96. The molecule has 0 spiro atoms. The lowest BCUT2D eigenvalue weighted by molar-refractivity contribution is 0.414. The highest BCUT2D eigenvalue weighted by atomic mass is 16.5. The van der Waals surface area contributed by atoms with Gasteiger partial charge in [0.2, 0.25) is 5.75 Å². The maximum atomic E-state index is 5.31. The highest BCUT2D eigenvalue weighted by molar-refractivity contribution is 5.63. The predicted octanol–water partition coefficient (Wildman–Crippen LogP) is 1.74. The molecule has 88 valence electrons. The van der Waals surface area contributed by atoms with Gasteiger partial charge in [-0.25, -0.2) is 9.97 Å². The van der Waals surface area contributed by atoms with Crippen molar-refractivity contribution in [2.24, 2.45) is 5.92 Å². The lowest BCUT2D eigenvalue weighted by Crippen LogP contribution is -2.09. The predicted molar refractivity (Wildman–Crippen MR) is 63.9 cm³/mol. The molecule has 1 aromatic heterocycles. The van der Waals surface area contributed by atoms with Crippen molar-refractivity contribution in [1.82, 2.24) is 9.97 Å². The number of aromatic nitrogens is 2. The van der Waals surface area contributed by atoms with Crippen LogP contribution in [0.1, 0.15) is 19.8 Å². The van der Waals surface area contributed by atoms with Crippen molar-refractivity contribution in [2.75, 3.05) is 24.8 Å². The van der Waals surface area contributed by atoms with Crippen molar-refractivity contribution < 1.29 is 4.74 Å². The topological polar surface area (TPSA) is 59.1 Å². The Kier molecular flexibility index (Phi) is 3.12. The Morgan fingerprint density at radius 1 is 1.44 bits per heavy atom. The second-order valence-electron chi connectivity index (χ2n) is 4.01. The Labute approximate surface area is 95.6 Å². The van der Waals surface area contributed by atoms with Crippen LogP contribution in [0.4, 0.5) is 11.6 Å². The van der Waals surface area contributed by atoms with Crippen molar-refractivity contribution in [3.05, 3.63) is 6.33 Å². The normalized spacial score (nSPS) is 22.7. The van der Waals surface area contributed by atoms with Gasteiger partial charge in [-0.1, -0.05) is 13.3 Å². The number of nitrogens with zero attached hydrogens (tertiary/aromatic N) is 2. The minimum Gasteiger partial charge on any atom is -0.490 e. The SMILES string of the molecule is CCC1CC1Nc1ncnc(NC)c1OC. The van der Waals surface area contributed by atoms with E-state index < -0.39 is 0 Å². The highest BCUT2D eigenvalue weighted by Gasteiger charge is 2.36. The summed E-state index contributed by atoms with van der Waals surface area (Å²) in [7, 11) is 3.45. The fourth-order valence-corrected chi connectivity index (χ4v) is 1.90. The van der Waals surface area contributed by atoms with Crippen molar-refractivity contribution >= 4 is 11.6 Å². The Morgan fingerprint density at radius 2 is 2.19 bits per heavy atom. The number of hydrogen-bond acceptors (Lipinski definition) is 5. The molecule has 1 fully saturated rings. The first-order valence-electron chi connectivity index (χ1n) is 5.63. The molecule has 16 heavy (non-hydrogen) atoms. The van der Waals surface area contributed by atoms with Crippen molar-refractivity contribution in [2.45, 2.75) is 25.8 Å². The molecule has 5 heteroatoms. The van der Waals surface area contributed by atoms with E-state index in [-0.39, 0.29) is 0 Å². The van der Waals surface area contributed by atoms with E-state index in [1.54, 1.807) is 13.4 Å². The zero-order chi connectivity index (χ0) is 11.5. The third-order valence-corrected chi connectivity index (χ3v) is 3.01. The average molecular weight is 222 g/mol. The van der Waals surface area contributed by atoms with E-state index in [2.05, 4.69) is 27.5 Å². The lowest BCUT2D eigenvalue weighted by atomic mass is 10.3. The molecular formula is C11H18N4O. The maximum absolute atomic E-state index is 5.31. The number of ether oxygens (including phenoxy) is 1. The van der Waals surface area contributed by atoms with Crippen LogP contribution in [0.5, 0.6) is 5.75 Å². The molecule has 0 aromatic carbocycles. The summed E-state index contributed by atoms with van der Waals surface area (Å²) in [5.41, 5.74) is 0. The summed E-state index contributed by atoms with van der Waals surface area (Å²) in [4.78, 5) is 8.33. The minimum atomic E-state index is 0.540. The summed E-state index contributed by atoms with van der Waals surface area (Å²) in [5, 5.41) is 6.38. The fourth-order valence-electron chi connectivity index (χ4n) is 1.90. The molecule has 1 aliphatic carbocycles. The van der Waals surface area contributed by atoms with Gasteiger partial charge >= 0.3 is 0 Å². The van der Waals surface area contributed by atoms with Gasteiger partial charge in [-0.15, -0.1) is 0 Å². The van der Waals surface area contributed by atoms with Crippen molar-refractivity contribution in [3.8, 4) is 5.75 Å². The molecule has 2 N–H and O–H groups in total. The average Bonchev–Trinajstić information content (AvgIpc) is 3.07. The summed E-state index contributed by atoms with van der Waals surface area (Å²) in [6, 6.07) is 0.540. The largest absolute Gasteiger partial charge is 0.490 e. The van der Waals surface area contributed by atoms with E-state index >= 15 is 0 Å². The number of rotatable bonds is 5. The summed E-state index contributed by atoms with van der Waals surface area (Å²) in [6.07, 6.45) is 3.97. The summed E-state index contributed by atoms with van der Waals surface area (Å²) >= 11 is 0. The van der Waals surface area contributed by atoms with E-state index in [9.17, 15) is 0 Å². The van der Waals surface area contributed by atoms with Gasteiger partial charge in [-0.2, -0.15) is 0 Å². The maximum Gasteiger partial charge on any atom is 0.204 e. The third kappa shape index (κ3) is 2.03. The molecule has 1 heterocycles. The lowest BCUT2D eigenvalue weighted by Gasteiger charge is -2.12. The molecule has 5 nitrogen and oxygen atoms in total. The van der Waals surface area contributed by atoms with E-state index in [4.69, 9.17) is 4.74 Å². The van der Waals surface area contributed by atoms with Gasteiger partial charge in [-0.05, 0) is 12.3 Å². The Hall–Kier alpha value is -1.52. The zero-order valence-electron chi connectivity index (χ0n) is 9.95. The van der Waals surface area contributed by atoms with Crippen LogP contribution in [0, 0.1) is 5.92 Å². The molecule has 2 atom stereocenters. The van der Waals surface area contributed by atoms with Gasteiger partial charge in [0.05, 0.1) is 7.11 Å². The monoisotopic (exact) mass is 222 g/mol. The first-order valence-corrected chi connectivity index (χ1v) is 5.63. The van der Waals surface area contributed by atoms with Gasteiger partial charge in [0.25, 0.3) is 0 Å². The van der Waals surface area contributed by atoms with Crippen LogP contribution in [0.25, 0.3) is 0 Å². The van der Waals surface area contributed by atoms with Gasteiger partial charge in [0.1, 0.15) is 6.33 Å². The standard InChI is InChI=1S/C11H18N4O/c1-4-7-5-8(7)15-11-9(16-3)10(12-2)13-6-14-11/h6-8H,4-5H2,1-3H3,(H2,12,13,14,15). The van der Waals surface area contributed by atoms with Crippen LogP contribution in [-0.4, -0.2) is 30.2 Å². The van der Waals surface area contributed by atoms with Gasteiger partial charge in [-0.3, -0.25) is 0 Å². The second kappa shape index (κ2) is 4.55. The molecule has 0 amide bonds. The fraction of sp³-hybridized carbons (Fsp3) is 0.636. The molecule has 0 radical (unpaired) electrons. The highest BCUT2D eigenvalue weighted by Crippen LogP contribution is 2.38. The van der Waals surface area contributed by atoms with E-state index in [1.165, 1.54) is 12.8 Å². The molecule has 0 saturated heterocycles. The quantitative estimate of drug-likeness (QED) is 0.794. The molecule has 0 aliphatic heterocycles. The Morgan fingerprint density at radius 3 is 2.75 bits per heavy atom. The first-order chi connectivity index (χ1) is 7.80. The molecule has 2 rings (SSSR count). The first kappa shape index (κ1) is 11.0. The van der Waals surface area contributed by atoms with Crippen LogP contribution >= 0.6 is 0 Å². The summed E-state index contributed by atoms with van der Waals surface area (Å²) in [6.45, 7) is 2.21. The van der Waals surface area contributed by atoms with E-state index in [0.717, 1.165) is 11.7 Å². The second-order valence-corrected chi connectivity index (χ2v) is 4.01. The van der Waals surface area contributed by atoms with Crippen LogP contribution in [0.3, 0.4) is 0 Å². The van der Waals surface area contributed by atoms with Gasteiger partial charge in [0.15, 0.2) is 11.6 Å². The molecule has 2 unspecified atom stereocenters. The van der Waals surface area contributed by atoms with Crippen LogP contribution in [0.2, 0.25) is 0 Å². The van der Waals surface area contributed by atoms with Crippen molar-refractivity contribution in [3.63, 3.8) is 0 Å². The van der Waals surface area contributed by atoms with Crippen LogP contribution < -0.4 is 15.4 Å². The van der Waals surface area contributed by atoms with Gasteiger partial charge in [0, 0.05) is 13.1 Å². The number of anilines is 2. The van der Waals surface area contributed by atoms with Crippen LogP contribution in [0.15, 0.2) is 6.33 Å². The molecule has 1 aliphatic rings. The number of hydrogen-bond donors (Lipinski definition) is 2. The van der Waals surface area contributed by atoms with E-state index in [1.807, 2.05) is 7.05 Å².